The van der Waals surface area contributed by atoms with Crippen LogP contribution < -0.4 is 19.9 Å². The van der Waals surface area contributed by atoms with Gasteiger partial charge in [-0.15, -0.1) is 0 Å². The summed E-state index contributed by atoms with van der Waals surface area (Å²) in [6.07, 6.45) is 0. The molecular weight excluding hydrogens is 380 g/mol. The molecule has 0 saturated heterocycles. The van der Waals surface area contributed by atoms with Crippen molar-refractivity contribution in [2.24, 2.45) is 0 Å². The van der Waals surface area contributed by atoms with Crippen molar-refractivity contribution in [1.82, 2.24) is 0 Å². The molecule has 1 heterocycles. The summed E-state index contributed by atoms with van der Waals surface area (Å²) in [5.74, 6) is -0.794. The van der Waals surface area contributed by atoms with Crippen LogP contribution in [0.3, 0.4) is 0 Å². The summed E-state index contributed by atoms with van der Waals surface area (Å²) in [7, 11) is 1.64. The SMILES string of the molecule is CC(=O)N(C)c1ccc(NC(=O)CN2C(=O)COc3ccc([N+](=O)[O-])cc32)cc1. The van der Waals surface area contributed by atoms with Crippen LogP contribution in [0.2, 0.25) is 0 Å². The zero-order valence-electron chi connectivity index (χ0n) is 15.7. The lowest BCUT2D eigenvalue weighted by Gasteiger charge is -2.28. The van der Waals surface area contributed by atoms with Crippen molar-refractivity contribution >= 4 is 40.5 Å². The number of nitrogens with one attached hydrogen (secondary N) is 1. The first-order chi connectivity index (χ1) is 13.8. The maximum absolute atomic E-state index is 12.4. The van der Waals surface area contributed by atoms with Gasteiger partial charge >= 0.3 is 0 Å². The second kappa shape index (κ2) is 7.97. The van der Waals surface area contributed by atoms with Crippen LogP contribution >= 0.6 is 0 Å². The highest BCUT2D eigenvalue weighted by Gasteiger charge is 2.29. The molecule has 0 unspecified atom stereocenters. The van der Waals surface area contributed by atoms with Gasteiger partial charge in [0.15, 0.2) is 6.61 Å². The molecule has 10 nitrogen and oxygen atoms in total. The Morgan fingerprint density at radius 1 is 1.24 bits per heavy atom. The Hall–Kier alpha value is -3.95. The van der Waals surface area contributed by atoms with E-state index in [-0.39, 0.29) is 30.4 Å². The predicted molar refractivity (Wildman–Crippen MR) is 105 cm³/mol. The number of carbonyl (C=O) groups is 3. The van der Waals surface area contributed by atoms with Crippen LogP contribution in [0.1, 0.15) is 6.92 Å². The van der Waals surface area contributed by atoms with Crippen molar-refractivity contribution in [2.45, 2.75) is 6.92 Å². The molecule has 150 valence electrons. The molecule has 1 aliphatic rings. The van der Waals surface area contributed by atoms with E-state index in [4.69, 9.17) is 4.74 Å². The lowest BCUT2D eigenvalue weighted by atomic mass is 10.2. The van der Waals surface area contributed by atoms with Crippen LogP contribution in [-0.2, 0) is 14.4 Å². The molecule has 2 aromatic carbocycles. The van der Waals surface area contributed by atoms with Gasteiger partial charge in [-0.1, -0.05) is 0 Å². The van der Waals surface area contributed by atoms with Crippen LogP contribution in [0.4, 0.5) is 22.7 Å². The number of benzene rings is 2. The third kappa shape index (κ3) is 4.32. The minimum absolute atomic E-state index is 0.125. The van der Waals surface area contributed by atoms with Crippen molar-refractivity contribution in [3.8, 4) is 5.75 Å². The first kappa shape index (κ1) is 19.8. The molecule has 1 N–H and O–H groups in total. The Labute approximate surface area is 165 Å². The van der Waals surface area contributed by atoms with Gasteiger partial charge in [-0.2, -0.15) is 0 Å². The van der Waals surface area contributed by atoms with Gasteiger partial charge in [0.05, 0.1) is 10.6 Å². The first-order valence-corrected chi connectivity index (χ1v) is 8.62. The number of carbonyl (C=O) groups excluding carboxylic acids is 3. The zero-order valence-corrected chi connectivity index (χ0v) is 15.7. The topological polar surface area (TPSA) is 122 Å². The van der Waals surface area contributed by atoms with Crippen LogP contribution in [-0.4, -0.2) is 42.8 Å². The number of non-ortho nitro benzene ring substituents is 1. The number of hydrogen-bond acceptors (Lipinski definition) is 6. The molecule has 0 fully saturated rings. The number of hydrogen-bond donors (Lipinski definition) is 1. The molecule has 0 saturated carbocycles. The highest BCUT2D eigenvalue weighted by Crippen LogP contribution is 2.35. The fraction of sp³-hybridized carbons (Fsp3) is 0.211. The van der Waals surface area contributed by atoms with Gasteiger partial charge in [0, 0.05) is 37.5 Å². The quantitative estimate of drug-likeness (QED) is 0.607. The maximum atomic E-state index is 12.4. The van der Waals surface area contributed by atoms with E-state index in [1.54, 1.807) is 31.3 Å². The zero-order chi connectivity index (χ0) is 21.1. The van der Waals surface area contributed by atoms with E-state index in [0.717, 1.165) is 4.90 Å². The fourth-order valence-electron chi connectivity index (χ4n) is 2.77. The Kier molecular flexibility index (Phi) is 5.44. The molecule has 29 heavy (non-hydrogen) atoms. The highest BCUT2D eigenvalue weighted by molar-refractivity contribution is 6.05. The van der Waals surface area contributed by atoms with Crippen LogP contribution in [0.5, 0.6) is 5.75 Å². The van der Waals surface area contributed by atoms with Crippen LogP contribution in [0.15, 0.2) is 42.5 Å². The number of anilines is 3. The first-order valence-electron chi connectivity index (χ1n) is 8.62. The normalized spacial score (nSPS) is 12.6. The van der Waals surface area contributed by atoms with Gasteiger partial charge in [-0.3, -0.25) is 29.4 Å². The largest absolute Gasteiger partial charge is 0.482 e. The Balaban J connectivity index is 1.74. The van der Waals surface area contributed by atoms with Crippen molar-refractivity contribution in [3.05, 3.63) is 52.6 Å². The second-order valence-electron chi connectivity index (χ2n) is 6.35. The molecule has 0 aromatic heterocycles. The summed E-state index contributed by atoms with van der Waals surface area (Å²) in [6, 6.07) is 10.5. The molecule has 2 aromatic rings. The molecule has 0 atom stereocenters. The van der Waals surface area contributed by atoms with E-state index >= 15 is 0 Å². The number of rotatable bonds is 5. The third-order valence-electron chi connectivity index (χ3n) is 4.41. The minimum atomic E-state index is -0.586. The molecular formula is C19H18N4O6. The van der Waals surface area contributed by atoms with Gasteiger partial charge in [0.25, 0.3) is 11.6 Å². The van der Waals surface area contributed by atoms with Crippen LogP contribution in [0.25, 0.3) is 0 Å². The summed E-state index contributed by atoms with van der Waals surface area (Å²) >= 11 is 0. The Bertz CT molecular complexity index is 989. The second-order valence-corrected chi connectivity index (χ2v) is 6.35. The standard InChI is InChI=1S/C19H18N4O6/c1-12(24)21(2)14-5-3-13(4-6-14)20-18(25)10-22-16-9-15(23(27)28)7-8-17(16)29-11-19(22)26/h3-9H,10-11H2,1-2H3,(H,20,25). The number of amides is 3. The lowest BCUT2D eigenvalue weighted by molar-refractivity contribution is -0.384. The van der Waals surface area contributed by atoms with Crippen molar-refractivity contribution in [3.63, 3.8) is 0 Å². The number of nitrogens with zero attached hydrogens (tertiary/aromatic N) is 3. The average molecular weight is 398 g/mol. The van der Waals surface area contributed by atoms with Gasteiger partial charge in [-0.05, 0) is 30.3 Å². The van der Waals surface area contributed by atoms with Gasteiger partial charge < -0.3 is 15.0 Å². The Morgan fingerprint density at radius 3 is 2.55 bits per heavy atom. The van der Waals surface area contributed by atoms with Crippen molar-refractivity contribution in [2.75, 3.05) is 35.3 Å². The summed E-state index contributed by atoms with van der Waals surface area (Å²) in [5, 5.41) is 13.7. The number of nitro groups is 1. The Morgan fingerprint density at radius 2 is 1.93 bits per heavy atom. The van der Waals surface area contributed by atoms with E-state index in [1.807, 2.05) is 0 Å². The summed E-state index contributed by atoms with van der Waals surface area (Å²) in [4.78, 5) is 49.1. The summed E-state index contributed by atoms with van der Waals surface area (Å²) < 4.78 is 5.28. The molecule has 10 heteroatoms. The molecule has 0 bridgehead atoms. The molecule has 0 radical (unpaired) electrons. The number of fused-ring (bicyclic) bond motifs is 1. The van der Waals surface area contributed by atoms with E-state index < -0.39 is 16.7 Å². The predicted octanol–water partition coefficient (Wildman–Crippen LogP) is 1.94. The van der Waals surface area contributed by atoms with Crippen molar-refractivity contribution in [1.29, 1.82) is 0 Å². The number of ether oxygens (including phenoxy) is 1. The third-order valence-corrected chi connectivity index (χ3v) is 4.41. The molecule has 1 aliphatic heterocycles. The van der Waals surface area contributed by atoms with Crippen molar-refractivity contribution < 1.29 is 24.0 Å². The van der Waals surface area contributed by atoms with E-state index in [2.05, 4.69) is 5.32 Å². The maximum Gasteiger partial charge on any atom is 0.271 e. The molecule has 3 rings (SSSR count). The number of nitro benzene ring substituents is 1. The van der Waals surface area contributed by atoms with Crippen LogP contribution in [0, 0.1) is 10.1 Å². The van der Waals surface area contributed by atoms with Gasteiger partial charge in [-0.25, -0.2) is 0 Å². The van der Waals surface area contributed by atoms with Gasteiger partial charge in [0.2, 0.25) is 11.8 Å². The lowest BCUT2D eigenvalue weighted by Crippen LogP contribution is -2.43. The molecule has 0 aliphatic carbocycles. The summed E-state index contributed by atoms with van der Waals surface area (Å²) in [5.41, 5.74) is 1.11. The molecule has 0 spiro atoms. The summed E-state index contributed by atoms with van der Waals surface area (Å²) in [6.45, 7) is 0.854. The van der Waals surface area contributed by atoms with E-state index in [9.17, 15) is 24.5 Å². The molecule has 3 amide bonds. The van der Waals surface area contributed by atoms with E-state index in [0.29, 0.717) is 17.1 Å². The average Bonchev–Trinajstić information content (AvgIpc) is 2.69. The fourth-order valence-corrected chi connectivity index (χ4v) is 2.77. The smallest absolute Gasteiger partial charge is 0.271 e. The minimum Gasteiger partial charge on any atom is -0.482 e. The monoisotopic (exact) mass is 398 g/mol. The highest BCUT2D eigenvalue weighted by atomic mass is 16.6. The van der Waals surface area contributed by atoms with Gasteiger partial charge in [0.1, 0.15) is 12.3 Å². The van der Waals surface area contributed by atoms with E-state index in [1.165, 1.54) is 30.0 Å².